The highest BCUT2D eigenvalue weighted by molar-refractivity contribution is 5.96. The lowest BCUT2D eigenvalue weighted by atomic mass is 9.87. The molecule has 4 N–H and O–H groups in total. The Morgan fingerprint density at radius 1 is 1.18 bits per heavy atom. The number of nitrogens with one attached hydrogen (secondary N) is 1. The molecule has 0 bridgehead atoms. The lowest BCUT2D eigenvalue weighted by molar-refractivity contribution is -0.129. The van der Waals surface area contributed by atoms with Crippen LogP contribution in [0.25, 0.3) is 0 Å². The molecule has 0 heterocycles. The number of para-hydroxylation sites is 1. The fraction of sp³-hybridized carbons (Fsp3) is 0.667. The van der Waals surface area contributed by atoms with Gasteiger partial charge in [-0.1, -0.05) is 26.0 Å². The van der Waals surface area contributed by atoms with Crippen LogP contribution in [0.15, 0.2) is 24.3 Å². The summed E-state index contributed by atoms with van der Waals surface area (Å²) in [7, 11) is 3.30. The molecule has 0 aliphatic carbocycles. The normalized spacial score (nSPS) is 13.6. The maximum absolute atomic E-state index is 12.8. The van der Waals surface area contributed by atoms with Crippen LogP contribution < -0.4 is 15.8 Å². The first-order valence-corrected chi connectivity index (χ1v) is 11.3. The Kier molecular flexibility index (Phi) is 15.8. The summed E-state index contributed by atoms with van der Waals surface area (Å²) in [5, 5.41) is 13.4. The number of hydrogen-bond donors (Lipinski definition) is 3. The molecule has 0 unspecified atom stereocenters. The average Bonchev–Trinajstić information content (AvgIpc) is 2.75. The number of likely N-dealkylation sites (N-methyl/N-ethyl adjacent to an activating group) is 1. The molecule has 8 nitrogen and oxygen atoms in total. The van der Waals surface area contributed by atoms with Crippen molar-refractivity contribution in [3.05, 3.63) is 29.8 Å². The van der Waals surface area contributed by atoms with Crippen molar-refractivity contribution in [2.45, 2.75) is 52.2 Å². The number of nitrogens with two attached hydrogens (primary N) is 1. The van der Waals surface area contributed by atoms with Crippen LogP contribution >= 0.6 is 12.4 Å². The molecule has 33 heavy (non-hydrogen) atoms. The molecule has 0 fully saturated rings. The fourth-order valence-corrected chi connectivity index (χ4v) is 3.27. The lowest BCUT2D eigenvalue weighted by Gasteiger charge is -2.29. The van der Waals surface area contributed by atoms with Crippen molar-refractivity contribution in [2.24, 2.45) is 17.6 Å². The van der Waals surface area contributed by atoms with Crippen LogP contribution in [0.4, 0.5) is 0 Å². The average molecular weight is 488 g/mol. The van der Waals surface area contributed by atoms with Gasteiger partial charge in [0.2, 0.25) is 5.91 Å². The van der Waals surface area contributed by atoms with Crippen molar-refractivity contribution < 1.29 is 24.2 Å². The number of carbonyl (C=O) groups is 2. The van der Waals surface area contributed by atoms with E-state index in [0.717, 1.165) is 12.8 Å². The quantitative estimate of drug-likeness (QED) is 0.327. The van der Waals surface area contributed by atoms with Crippen molar-refractivity contribution in [2.75, 3.05) is 40.5 Å². The van der Waals surface area contributed by atoms with E-state index < -0.39 is 12.1 Å². The van der Waals surface area contributed by atoms with Crippen LogP contribution in [-0.4, -0.2) is 74.4 Å². The minimum Gasteiger partial charge on any atom is -0.493 e. The molecule has 1 aromatic carbocycles. The van der Waals surface area contributed by atoms with E-state index in [0.29, 0.717) is 37.5 Å². The third-order valence-electron chi connectivity index (χ3n) is 5.67. The summed E-state index contributed by atoms with van der Waals surface area (Å²) in [5.74, 6) is 0.569. The number of aliphatic hydroxyl groups excluding tert-OH is 1. The van der Waals surface area contributed by atoms with Gasteiger partial charge in [-0.3, -0.25) is 9.59 Å². The van der Waals surface area contributed by atoms with E-state index in [2.05, 4.69) is 19.2 Å². The number of aliphatic hydroxyl groups is 1. The van der Waals surface area contributed by atoms with E-state index in [9.17, 15) is 14.7 Å². The number of nitrogens with zero attached hydrogens (tertiary/aromatic N) is 1. The molecule has 0 aliphatic rings. The Balaban J connectivity index is 0.0000102. The van der Waals surface area contributed by atoms with E-state index in [1.165, 1.54) is 11.8 Å². The summed E-state index contributed by atoms with van der Waals surface area (Å²) in [4.78, 5) is 25.7. The van der Waals surface area contributed by atoms with Gasteiger partial charge in [0.1, 0.15) is 5.75 Å². The topological polar surface area (TPSA) is 114 Å². The van der Waals surface area contributed by atoms with Crippen LogP contribution in [-0.2, 0) is 9.53 Å². The number of hydrogen-bond acceptors (Lipinski definition) is 6. The van der Waals surface area contributed by atoms with Gasteiger partial charge in [-0.2, -0.15) is 0 Å². The minimum absolute atomic E-state index is 0. The summed E-state index contributed by atoms with van der Waals surface area (Å²) in [6.45, 7) is 7.40. The zero-order valence-corrected chi connectivity index (χ0v) is 21.4. The zero-order valence-electron chi connectivity index (χ0n) is 20.6. The Labute approximate surface area is 204 Å². The minimum atomic E-state index is -0.826. The molecule has 190 valence electrons. The second-order valence-electron chi connectivity index (χ2n) is 8.63. The lowest BCUT2D eigenvalue weighted by Crippen LogP contribution is -2.46. The predicted molar refractivity (Wildman–Crippen MR) is 133 cm³/mol. The second-order valence-corrected chi connectivity index (χ2v) is 8.63. The monoisotopic (exact) mass is 487 g/mol. The number of unbranched alkanes of at least 4 members (excludes halogenated alkanes) is 1. The molecule has 9 heteroatoms. The highest BCUT2D eigenvalue weighted by atomic mass is 35.5. The van der Waals surface area contributed by atoms with E-state index in [1.54, 1.807) is 26.3 Å². The van der Waals surface area contributed by atoms with Gasteiger partial charge in [-0.15, -0.1) is 12.4 Å². The van der Waals surface area contributed by atoms with Crippen LogP contribution in [0.1, 0.15) is 50.4 Å². The Morgan fingerprint density at radius 3 is 2.42 bits per heavy atom. The predicted octanol–water partition coefficient (Wildman–Crippen LogP) is 2.47. The number of carbonyl (C=O) groups excluding carboxylic acids is 2. The third kappa shape index (κ3) is 11.7. The maximum Gasteiger partial charge on any atom is 0.255 e. The first-order chi connectivity index (χ1) is 15.2. The van der Waals surface area contributed by atoms with Crippen molar-refractivity contribution in [1.29, 1.82) is 0 Å². The van der Waals surface area contributed by atoms with Crippen molar-refractivity contribution in [1.82, 2.24) is 10.2 Å². The highest BCUT2D eigenvalue weighted by Crippen LogP contribution is 2.20. The maximum atomic E-state index is 12.8. The molecule has 0 saturated carbocycles. The van der Waals surface area contributed by atoms with Gasteiger partial charge in [0, 0.05) is 46.8 Å². The van der Waals surface area contributed by atoms with Crippen molar-refractivity contribution in [3.8, 4) is 5.75 Å². The first kappa shape index (κ1) is 31.1. The van der Waals surface area contributed by atoms with Gasteiger partial charge in [-0.25, -0.2) is 0 Å². The number of methoxy groups -OCH3 is 1. The van der Waals surface area contributed by atoms with Gasteiger partial charge < -0.3 is 30.5 Å². The molecule has 1 aromatic rings. The summed E-state index contributed by atoms with van der Waals surface area (Å²) in [6.07, 6.45) is 1.45. The summed E-state index contributed by atoms with van der Waals surface area (Å²) >= 11 is 0. The standard InChI is InChI=1S/C24H41N3O5.ClH/c1-17(2)19(14-21(25)22(29)16-27(4)18(3)28)15-26-24(30)20-10-6-7-11-23(20)32-13-9-8-12-31-5;/h6-7,10-11,17,19,21-22,29H,8-9,12-16,25H2,1-5H3,(H,26,30);1H/t19-,21+,22+;/m1./s1. The summed E-state index contributed by atoms with van der Waals surface area (Å²) in [5.41, 5.74) is 6.70. The number of amides is 2. The van der Waals surface area contributed by atoms with Crippen LogP contribution in [0.2, 0.25) is 0 Å². The van der Waals surface area contributed by atoms with Crippen LogP contribution in [0.3, 0.4) is 0 Å². The summed E-state index contributed by atoms with van der Waals surface area (Å²) in [6, 6.07) is 6.70. The number of ether oxygens (including phenoxy) is 2. The first-order valence-electron chi connectivity index (χ1n) is 11.3. The van der Waals surface area contributed by atoms with E-state index in [-0.39, 0.29) is 42.6 Å². The van der Waals surface area contributed by atoms with Gasteiger partial charge in [-0.05, 0) is 43.2 Å². The number of benzene rings is 1. The SMILES string of the molecule is COCCCCOc1ccccc1C(=O)NC[C@@H](C[C@H](N)[C@@H](O)CN(C)C(C)=O)C(C)C.Cl. The van der Waals surface area contributed by atoms with Crippen LogP contribution in [0.5, 0.6) is 5.75 Å². The van der Waals surface area contributed by atoms with Gasteiger partial charge in [0.05, 0.1) is 18.3 Å². The van der Waals surface area contributed by atoms with Gasteiger partial charge >= 0.3 is 0 Å². The molecular formula is C24H42ClN3O5. The smallest absolute Gasteiger partial charge is 0.255 e. The Bertz CT molecular complexity index is 704. The molecule has 2 amide bonds. The fourth-order valence-electron chi connectivity index (χ4n) is 3.27. The zero-order chi connectivity index (χ0) is 24.1. The Morgan fingerprint density at radius 2 is 1.82 bits per heavy atom. The highest BCUT2D eigenvalue weighted by Gasteiger charge is 2.24. The van der Waals surface area contributed by atoms with Crippen molar-refractivity contribution >= 4 is 24.2 Å². The third-order valence-corrected chi connectivity index (χ3v) is 5.67. The van der Waals surface area contributed by atoms with E-state index >= 15 is 0 Å². The van der Waals surface area contributed by atoms with E-state index in [4.69, 9.17) is 15.2 Å². The molecule has 3 atom stereocenters. The number of halogens is 1. The molecule has 0 aromatic heterocycles. The molecule has 0 radical (unpaired) electrons. The van der Waals surface area contributed by atoms with Gasteiger partial charge in [0.25, 0.3) is 5.91 Å². The van der Waals surface area contributed by atoms with E-state index in [1.807, 2.05) is 12.1 Å². The van der Waals surface area contributed by atoms with Crippen molar-refractivity contribution in [3.63, 3.8) is 0 Å². The van der Waals surface area contributed by atoms with Gasteiger partial charge in [0.15, 0.2) is 0 Å². The molecule has 0 saturated heterocycles. The number of rotatable bonds is 15. The molecule has 0 spiro atoms. The van der Waals surface area contributed by atoms with Crippen LogP contribution in [0, 0.1) is 11.8 Å². The second kappa shape index (κ2) is 16.7. The molecule has 1 rings (SSSR count). The summed E-state index contributed by atoms with van der Waals surface area (Å²) < 4.78 is 10.8. The molecule has 0 aliphatic heterocycles. The largest absolute Gasteiger partial charge is 0.493 e. The Hall–Kier alpha value is -1.87. The molecular weight excluding hydrogens is 446 g/mol.